The highest BCUT2D eigenvalue weighted by Gasteiger charge is 2.50. The van der Waals surface area contributed by atoms with Crippen LogP contribution in [0.5, 0.6) is 0 Å². The molecule has 1 aliphatic heterocycles. The molecule has 4 heteroatoms. The van der Waals surface area contributed by atoms with E-state index in [9.17, 15) is 14.7 Å². The number of carbonyl (C=O) groups excluding carboxylic acids is 1. The molecule has 4 nitrogen and oxygen atoms in total. The summed E-state index contributed by atoms with van der Waals surface area (Å²) in [6.45, 7) is 10.3. The Morgan fingerprint density at radius 3 is 2.14 bits per heavy atom. The molecule has 0 bridgehead atoms. The molecule has 3 aliphatic rings. The molecule has 0 spiro atoms. The third-order valence-electron chi connectivity index (χ3n) is 9.26. The van der Waals surface area contributed by atoms with Gasteiger partial charge in [0, 0.05) is 23.9 Å². The van der Waals surface area contributed by atoms with Gasteiger partial charge in [-0.3, -0.25) is 4.79 Å². The van der Waals surface area contributed by atoms with Gasteiger partial charge in [0.05, 0.1) is 11.0 Å². The summed E-state index contributed by atoms with van der Waals surface area (Å²) in [7, 11) is 0. The van der Waals surface area contributed by atoms with Crippen LogP contribution in [0.15, 0.2) is 66.3 Å². The van der Waals surface area contributed by atoms with Crippen molar-refractivity contribution in [1.82, 2.24) is 4.90 Å². The average molecular weight is 498 g/mol. The molecule has 1 saturated carbocycles. The van der Waals surface area contributed by atoms with E-state index >= 15 is 0 Å². The van der Waals surface area contributed by atoms with E-state index in [4.69, 9.17) is 0 Å². The number of allylic oxidation sites excluding steroid dienone is 2. The fraction of sp³-hybridized carbons (Fsp3) is 0.455. The number of hydrogen-bond acceptors (Lipinski definition) is 2. The van der Waals surface area contributed by atoms with Gasteiger partial charge in [-0.2, -0.15) is 0 Å². The van der Waals surface area contributed by atoms with Gasteiger partial charge in [-0.15, -0.1) is 0 Å². The molecule has 2 aromatic rings. The van der Waals surface area contributed by atoms with Gasteiger partial charge in [-0.05, 0) is 55.0 Å². The maximum Gasteiger partial charge on any atom is 0.335 e. The lowest BCUT2D eigenvalue weighted by Crippen LogP contribution is -2.54. The smallest absolute Gasteiger partial charge is 0.335 e. The molecular formula is C33H39NO3. The van der Waals surface area contributed by atoms with Gasteiger partial charge >= 0.3 is 5.97 Å². The predicted molar refractivity (Wildman–Crippen MR) is 148 cm³/mol. The van der Waals surface area contributed by atoms with E-state index in [2.05, 4.69) is 69.0 Å². The lowest BCUT2D eigenvalue weighted by Gasteiger charge is -2.52. The average Bonchev–Trinajstić information content (AvgIpc) is 2.88. The van der Waals surface area contributed by atoms with Crippen LogP contribution in [0.25, 0.3) is 5.57 Å². The Kier molecular flexibility index (Phi) is 6.42. The summed E-state index contributed by atoms with van der Waals surface area (Å²) in [5.74, 6) is -0.610. The number of rotatable bonds is 4. The number of carbonyl (C=O) groups is 2. The van der Waals surface area contributed by atoms with Crippen LogP contribution < -0.4 is 0 Å². The maximum absolute atomic E-state index is 14.3. The van der Waals surface area contributed by atoms with Crippen molar-refractivity contribution in [2.45, 2.75) is 71.6 Å². The summed E-state index contributed by atoms with van der Waals surface area (Å²) in [4.78, 5) is 27.8. The number of aromatic carboxylic acids is 1. The second-order valence-corrected chi connectivity index (χ2v) is 12.2. The fourth-order valence-electron chi connectivity index (χ4n) is 7.31. The molecule has 0 radical (unpaired) electrons. The van der Waals surface area contributed by atoms with Crippen LogP contribution >= 0.6 is 0 Å². The van der Waals surface area contributed by atoms with Crippen molar-refractivity contribution in [3.05, 3.63) is 88.5 Å². The minimum Gasteiger partial charge on any atom is -0.478 e. The summed E-state index contributed by atoms with van der Waals surface area (Å²) in [6, 6.07) is 15.9. The van der Waals surface area contributed by atoms with Crippen molar-refractivity contribution in [3.8, 4) is 0 Å². The first kappa shape index (κ1) is 25.5. The molecule has 0 unspecified atom stereocenters. The van der Waals surface area contributed by atoms with Crippen LogP contribution in [0.1, 0.15) is 86.3 Å². The predicted octanol–water partition coefficient (Wildman–Crippen LogP) is 7.18. The Morgan fingerprint density at radius 2 is 1.51 bits per heavy atom. The van der Waals surface area contributed by atoms with Crippen molar-refractivity contribution in [3.63, 3.8) is 0 Å². The summed E-state index contributed by atoms with van der Waals surface area (Å²) < 4.78 is 0. The van der Waals surface area contributed by atoms with E-state index in [-0.39, 0.29) is 10.8 Å². The van der Waals surface area contributed by atoms with Crippen molar-refractivity contribution in [1.29, 1.82) is 0 Å². The Balaban J connectivity index is 1.44. The first-order valence-electron chi connectivity index (χ1n) is 13.7. The quantitative estimate of drug-likeness (QED) is 0.455. The molecular weight excluding hydrogens is 458 g/mol. The highest BCUT2D eigenvalue weighted by atomic mass is 16.4. The van der Waals surface area contributed by atoms with E-state index in [0.29, 0.717) is 18.0 Å². The molecule has 1 N–H and O–H groups in total. The number of hydrogen-bond donors (Lipinski definition) is 1. The lowest BCUT2D eigenvalue weighted by molar-refractivity contribution is -0.140. The molecule has 0 saturated heterocycles. The lowest BCUT2D eigenvalue weighted by atomic mass is 9.58. The fourth-order valence-corrected chi connectivity index (χ4v) is 7.31. The second kappa shape index (κ2) is 9.31. The van der Waals surface area contributed by atoms with Crippen molar-refractivity contribution >= 4 is 17.4 Å². The van der Waals surface area contributed by atoms with Gasteiger partial charge in [0.25, 0.3) is 0 Å². The molecule has 5 rings (SSSR count). The molecule has 0 aromatic heterocycles. The standard InChI is InChI=1S/C33H39NO3/c1-23-8-14-26(15-9-23)33(18-6-5-7-19-33)30(37)34-21-17-28-31(2,3)27(16-20-32(28,4)22-34)24-10-12-25(13-11-24)29(35)36/h8-17H,5-7,18-22H2,1-4H3,(H,35,36)/t32-/m1/s1. The number of benzene rings is 2. The summed E-state index contributed by atoms with van der Waals surface area (Å²) >= 11 is 0. The highest BCUT2D eigenvalue weighted by Crippen LogP contribution is 2.56. The molecule has 1 atom stereocenters. The van der Waals surface area contributed by atoms with Gasteiger partial charge in [-0.25, -0.2) is 4.79 Å². The van der Waals surface area contributed by atoms with Crippen LogP contribution in [-0.2, 0) is 10.2 Å². The highest BCUT2D eigenvalue weighted by molar-refractivity contribution is 5.90. The molecule has 2 aromatic carbocycles. The normalized spacial score (nSPS) is 24.5. The third kappa shape index (κ3) is 4.35. The molecule has 1 amide bonds. The van der Waals surface area contributed by atoms with Crippen LogP contribution in [0.4, 0.5) is 0 Å². The van der Waals surface area contributed by atoms with Crippen molar-refractivity contribution < 1.29 is 14.7 Å². The molecule has 194 valence electrons. The van der Waals surface area contributed by atoms with Crippen LogP contribution in [0.2, 0.25) is 0 Å². The third-order valence-corrected chi connectivity index (χ3v) is 9.26. The zero-order valence-electron chi connectivity index (χ0n) is 22.6. The number of amides is 1. The van der Waals surface area contributed by atoms with E-state index in [0.717, 1.165) is 44.2 Å². The molecule has 1 fully saturated rings. The van der Waals surface area contributed by atoms with Gasteiger partial charge < -0.3 is 10.0 Å². The largest absolute Gasteiger partial charge is 0.478 e. The SMILES string of the molecule is Cc1ccc(C2(C(=O)N3CC=C4C(C)(C)C(c5ccc(C(=O)O)cc5)=CC[C@]4(C)C3)CCCCC2)cc1. The number of fused-ring (bicyclic) bond motifs is 1. The maximum atomic E-state index is 14.3. The van der Waals surface area contributed by atoms with Crippen molar-refractivity contribution in [2.24, 2.45) is 10.8 Å². The minimum atomic E-state index is -0.905. The summed E-state index contributed by atoms with van der Waals surface area (Å²) in [6.07, 6.45) is 10.8. The van der Waals surface area contributed by atoms with E-state index in [1.54, 1.807) is 12.1 Å². The topological polar surface area (TPSA) is 57.6 Å². The minimum absolute atomic E-state index is 0.120. The monoisotopic (exact) mass is 497 g/mol. The Labute approximate surface area is 221 Å². The number of aryl methyl sites for hydroxylation is 1. The second-order valence-electron chi connectivity index (χ2n) is 12.2. The molecule has 37 heavy (non-hydrogen) atoms. The van der Waals surface area contributed by atoms with Crippen molar-refractivity contribution in [2.75, 3.05) is 13.1 Å². The Morgan fingerprint density at radius 1 is 0.865 bits per heavy atom. The first-order chi connectivity index (χ1) is 17.6. The summed E-state index contributed by atoms with van der Waals surface area (Å²) in [5.41, 5.74) is 5.66. The zero-order valence-corrected chi connectivity index (χ0v) is 22.6. The van der Waals surface area contributed by atoms with Gasteiger partial charge in [0.15, 0.2) is 0 Å². The zero-order chi connectivity index (χ0) is 26.4. The van der Waals surface area contributed by atoms with E-state index in [1.807, 2.05) is 12.1 Å². The molecule has 2 aliphatic carbocycles. The Bertz CT molecular complexity index is 1260. The first-order valence-corrected chi connectivity index (χ1v) is 13.7. The van der Waals surface area contributed by atoms with Crippen LogP contribution in [0.3, 0.4) is 0 Å². The van der Waals surface area contributed by atoms with E-state index < -0.39 is 11.4 Å². The molecule has 1 heterocycles. The summed E-state index contributed by atoms with van der Waals surface area (Å²) in [5, 5.41) is 9.29. The van der Waals surface area contributed by atoms with E-state index in [1.165, 1.54) is 28.7 Å². The number of carboxylic acid groups (broad SMARTS) is 1. The van der Waals surface area contributed by atoms with Gasteiger partial charge in [-0.1, -0.05) is 99.7 Å². The van der Waals surface area contributed by atoms with Gasteiger partial charge in [0.2, 0.25) is 5.91 Å². The van der Waals surface area contributed by atoms with Crippen LogP contribution in [-0.4, -0.2) is 35.0 Å². The van der Waals surface area contributed by atoms with Crippen LogP contribution in [0, 0.1) is 17.8 Å². The number of carboxylic acids is 1. The van der Waals surface area contributed by atoms with Gasteiger partial charge in [0.1, 0.15) is 0 Å². The number of nitrogens with zero attached hydrogens (tertiary/aromatic N) is 1. The Hall–Kier alpha value is -3.14.